The summed E-state index contributed by atoms with van der Waals surface area (Å²) in [6, 6.07) is 9.58. The monoisotopic (exact) mass is 443 g/mol. The van der Waals surface area contributed by atoms with Gasteiger partial charge in [-0.2, -0.15) is 0 Å². The average Bonchev–Trinajstić information content (AvgIpc) is 3.31. The Bertz CT molecular complexity index is 1120. The lowest BCUT2D eigenvalue weighted by Crippen LogP contribution is -2.54. The van der Waals surface area contributed by atoms with E-state index in [-0.39, 0.29) is 6.54 Å². The van der Waals surface area contributed by atoms with Crippen LogP contribution in [0.4, 0.5) is 10.1 Å². The highest BCUT2D eigenvalue weighted by Crippen LogP contribution is 2.53. The number of nitrogens with zero attached hydrogens (tertiary/aromatic N) is 1. The van der Waals surface area contributed by atoms with Crippen LogP contribution in [0.3, 0.4) is 0 Å². The van der Waals surface area contributed by atoms with Crippen molar-refractivity contribution in [1.82, 2.24) is 10.2 Å². The van der Waals surface area contributed by atoms with Crippen LogP contribution in [0.25, 0.3) is 0 Å². The van der Waals surface area contributed by atoms with E-state index in [0.29, 0.717) is 21.8 Å². The van der Waals surface area contributed by atoms with Crippen molar-refractivity contribution < 1.29 is 23.9 Å². The summed E-state index contributed by atoms with van der Waals surface area (Å²) >= 11 is 6.18. The molecule has 0 unspecified atom stereocenters. The summed E-state index contributed by atoms with van der Waals surface area (Å²) in [6.45, 7) is 1.47. The van der Waals surface area contributed by atoms with Gasteiger partial charge in [0.1, 0.15) is 11.4 Å². The van der Waals surface area contributed by atoms with Crippen LogP contribution in [0, 0.1) is 17.7 Å². The Balaban J connectivity index is 1.61. The number of hydrogen-bond acceptors (Lipinski definition) is 5. The van der Waals surface area contributed by atoms with E-state index in [9.17, 15) is 23.9 Å². The fourth-order valence-corrected chi connectivity index (χ4v) is 5.28. The first-order valence-electron chi connectivity index (χ1n) is 9.91. The minimum Gasteiger partial charge on any atom is -0.392 e. The van der Waals surface area contributed by atoms with Gasteiger partial charge in [-0.1, -0.05) is 23.7 Å². The third-order valence-corrected chi connectivity index (χ3v) is 6.71. The van der Waals surface area contributed by atoms with Gasteiger partial charge in [-0.15, -0.1) is 0 Å². The molecule has 9 heteroatoms. The number of rotatable bonds is 3. The second kappa shape index (κ2) is 6.85. The molecular weight excluding hydrogens is 425 g/mol. The van der Waals surface area contributed by atoms with E-state index in [2.05, 4.69) is 10.6 Å². The lowest BCUT2D eigenvalue weighted by Gasteiger charge is -2.30. The first-order valence-corrected chi connectivity index (χ1v) is 10.3. The van der Waals surface area contributed by atoms with Gasteiger partial charge in [-0.05, 0) is 42.8 Å². The molecule has 3 aliphatic heterocycles. The Labute approximate surface area is 182 Å². The number of likely N-dealkylation sites (tertiary alicyclic amines) is 1. The second-order valence-electron chi connectivity index (χ2n) is 8.26. The van der Waals surface area contributed by atoms with Crippen molar-refractivity contribution in [2.24, 2.45) is 11.8 Å². The quantitative estimate of drug-likeness (QED) is 0.628. The normalized spacial score (nSPS) is 30.0. The van der Waals surface area contributed by atoms with Gasteiger partial charge in [-0.25, -0.2) is 4.39 Å². The summed E-state index contributed by atoms with van der Waals surface area (Å²) in [4.78, 5) is 41.2. The summed E-state index contributed by atoms with van der Waals surface area (Å²) in [7, 11) is 0. The summed E-state index contributed by atoms with van der Waals surface area (Å²) < 4.78 is 13.3. The maximum Gasteiger partial charge on any atom is 0.250 e. The molecule has 3 aliphatic rings. The van der Waals surface area contributed by atoms with E-state index in [1.54, 1.807) is 18.2 Å². The number of carbonyl (C=O) groups excluding carboxylic acids is 3. The Morgan fingerprint density at radius 3 is 2.55 bits per heavy atom. The molecule has 3 heterocycles. The molecule has 2 saturated heterocycles. The Morgan fingerprint density at radius 1 is 1.16 bits per heavy atom. The molecule has 3 N–H and O–H groups in total. The molecule has 7 nitrogen and oxygen atoms in total. The fraction of sp³-hybridized carbons (Fsp3) is 0.318. The number of amides is 3. The zero-order valence-corrected chi connectivity index (χ0v) is 17.2. The van der Waals surface area contributed by atoms with Crippen molar-refractivity contribution >= 4 is 35.0 Å². The number of halogens is 2. The minimum atomic E-state index is -1.52. The molecule has 1 spiro atoms. The first kappa shape index (κ1) is 20.1. The van der Waals surface area contributed by atoms with Gasteiger partial charge in [0.05, 0.1) is 24.5 Å². The fourth-order valence-electron chi connectivity index (χ4n) is 5.11. The van der Waals surface area contributed by atoms with Gasteiger partial charge < -0.3 is 10.4 Å². The molecule has 2 aromatic rings. The van der Waals surface area contributed by atoms with Crippen LogP contribution in [0.1, 0.15) is 18.1 Å². The molecule has 0 bridgehead atoms. The Morgan fingerprint density at radius 2 is 1.87 bits per heavy atom. The van der Waals surface area contributed by atoms with Crippen LogP contribution in [-0.4, -0.2) is 39.9 Å². The summed E-state index contributed by atoms with van der Waals surface area (Å²) in [5, 5.41) is 16.7. The van der Waals surface area contributed by atoms with E-state index in [0.717, 1.165) is 4.90 Å². The highest BCUT2D eigenvalue weighted by Gasteiger charge is 2.71. The predicted octanol–water partition coefficient (Wildman–Crippen LogP) is 1.78. The highest BCUT2D eigenvalue weighted by atomic mass is 35.5. The van der Waals surface area contributed by atoms with Gasteiger partial charge in [0.15, 0.2) is 0 Å². The van der Waals surface area contributed by atoms with Crippen molar-refractivity contribution in [3.63, 3.8) is 0 Å². The number of fused-ring (bicyclic) bond motifs is 4. The number of hydrogen-bond donors (Lipinski definition) is 3. The third-order valence-electron chi connectivity index (χ3n) is 6.48. The van der Waals surface area contributed by atoms with Gasteiger partial charge >= 0.3 is 0 Å². The van der Waals surface area contributed by atoms with Crippen molar-refractivity contribution in [1.29, 1.82) is 0 Å². The molecule has 3 amide bonds. The van der Waals surface area contributed by atoms with Crippen molar-refractivity contribution in [2.75, 3.05) is 5.32 Å². The molecule has 0 radical (unpaired) electrons. The van der Waals surface area contributed by atoms with Crippen LogP contribution >= 0.6 is 11.6 Å². The lowest BCUT2D eigenvalue weighted by atomic mass is 9.76. The molecule has 2 aromatic carbocycles. The molecule has 2 fully saturated rings. The number of nitrogens with one attached hydrogen (secondary N) is 2. The average molecular weight is 444 g/mol. The van der Waals surface area contributed by atoms with Gasteiger partial charge in [0, 0.05) is 22.3 Å². The minimum absolute atomic E-state index is 0.0441. The first-order chi connectivity index (χ1) is 14.7. The zero-order chi connectivity index (χ0) is 22.1. The topological polar surface area (TPSA) is 98.7 Å². The van der Waals surface area contributed by atoms with Crippen molar-refractivity contribution in [3.8, 4) is 0 Å². The largest absolute Gasteiger partial charge is 0.392 e. The number of anilines is 1. The van der Waals surface area contributed by atoms with Crippen molar-refractivity contribution in [3.05, 3.63) is 64.4 Å². The number of aliphatic hydroxyl groups is 1. The smallest absolute Gasteiger partial charge is 0.250 e. The lowest BCUT2D eigenvalue weighted by molar-refractivity contribution is -0.143. The van der Waals surface area contributed by atoms with Gasteiger partial charge in [0.2, 0.25) is 17.7 Å². The Hall–Kier alpha value is -2.81. The number of aliphatic hydroxyl groups excluding tert-OH is 1. The van der Waals surface area contributed by atoms with E-state index in [1.807, 2.05) is 0 Å². The molecule has 31 heavy (non-hydrogen) atoms. The zero-order valence-electron chi connectivity index (χ0n) is 16.4. The molecule has 0 saturated carbocycles. The molecule has 5 rings (SSSR count). The van der Waals surface area contributed by atoms with Gasteiger partial charge in [0.25, 0.3) is 0 Å². The van der Waals surface area contributed by atoms with Gasteiger partial charge in [-0.3, -0.25) is 24.6 Å². The second-order valence-corrected chi connectivity index (χ2v) is 8.69. The van der Waals surface area contributed by atoms with E-state index in [4.69, 9.17) is 11.6 Å². The predicted molar refractivity (Wildman–Crippen MR) is 109 cm³/mol. The van der Waals surface area contributed by atoms with E-state index < -0.39 is 53.1 Å². The number of benzene rings is 2. The number of carbonyl (C=O) groups is 3. The summed E-state index contributed by atoms with van der Waals surface area (Å²) in [6.07, 6.45) is -0.995. The SMILES string of the molecule is C[C@H](O)[C@H]1N[C@]2(C(=O)Nc3ccc(Cl)cc32)[C@H]2C(=O)N(Cc3ccc(F)cc3)C(=O)[C@H]12. The molecule has 160 valence electrons. The third kappa shape index (κ3) is 2.75. The van der Waals surface area contributed by atoms with E-state index >= 15 is 0 Å². The van der Waals surface area contributed by atoms with Crippen LogP contribution in [0.2, 0.25) is 5.02 Å². The number of imide groups is 1. The highest BCUT2D eigenvalue weighted by molar-refractivity contribution is 6.31. The Kier molecular flexibility index (Phi) is 4.44. The van der Waals surface area contributed by atoms with E-state index in [1.165, 1.54) is 31.2 Å². The van der Waals surface area contributed by atoms with Crippen molar-refractivity contribution in [2.45, 2.75) is 31.2 Å². The summed E-state index contributed by atoms with van der Waals surface area (Å²) in [5.74, 6) is -3.85. The summed E-state index contributed by atoms with van der Waals surface area (Å²) in [5.41, 5.74) is 0.0478. The molecule has 0 aromatic heterocycles. The van der Waals surface area contributed by atoms with Crippen LogP contribution in [0.15, 0.2) is 42.5 Å². The van der Waals surface area contributed by atoms with Crippen LogP contribution < -0.4 is 10.6 Å². The van der Waals surface area contributed by atoms with Crippen LogP contribution in [0.5, 0.6) is 0 Å². The molecular formula is C22H19ClFN3O4. The maximum absolute atomic E-state index is 13.5. The standard InChI is InChI=1S/C22H19ClFN3O4/c1-10(28)18-16-17(20(30)27(19(16)29)9-11-2-5-13(24)6-3-11)22(26-18)14-8-12(23)4-7-15(14)25-21(22)31/h2-8,10,16-18,26,28H,9H2,1H3,(H,25,31)/t10-,16-,17+,18+,22-/m0/s1. The van der Waals surface area contributed by atoms with Crippen LogP contribution in [-0.2, 0) is 26.5 Å². The molecule has 5 atom stereocenters. The molecule has 0 aliphatic carbocycles. The maximum atomic E-state index is 13.5.